The first-order valence-corrected chi connectivity index (χ1v) is 12.4. The number of nitrogens with zero attached hydrogens (tertiary/aromatic N) is 1. The molecule has 1 aliphatic rings. The summed E-state index contributed by atoms with van der Waals surface area (Å²) in [6, 6.07) is 12.2. The van der Waals surface area contributed by atoms with Crippen molar-refractivity contribution in [2.75, 3.05) is 6.54 Å². The van der Waals surface area contributed by atoms with Gasteiger partial charge in [-0.1, -0.05) is 55.3 Å². The zero-order valence-electron chi connectivity index (χ0n) is 19.5. The SMILES string of the molecule is C[C@@H](CC#CCc1ccccc1)[C@H](O)C=C[C@H]1CC(F)(F)C(=O)N1CCCc1ccc(C(=O)O)s1. The number of benzene rings is 1. The molecule has 3 rings (SSSR count). The molecule has 0 aliphatic carbocycles. The summed E-state index contributed by atoms with van der Waals surface area (Å²) in [5.74, 6) is 0.301. The molecule has 8 heteroatoms. The number of amides is 1. The number of halogens is 2. The van der Waals surface area contributed by atoms with Crippen LogP contribution in [0.5, 0.6) is 0 Å². The summed E-state index contributed by atoms with van der Waals surface area (Å²) < 4.78 is 28.3. The van der Waals surface area contributed by atoms with E-state index in [0.717, 1.165) is 26.7 Å². The molecule has 5 nitrogen and oxygen atoms in total. The maximum absolute atomic E-state index is 14.1. The summed E-state index contributed by atoms with van der Waals surface area (Å²) in [6.07, 6.45) is 3.49. The molecular weight excluding hydrogens is 472 g/mol. The number of carboxylic acids is 1. The molecule has 2 aromatic rings. The lowest BCUT2D eigenvalue weighted by molar-refractivity contribution is -0.148. The van der Waals surface area contributed by atoms with Crippen molar-refractivity contribution in [3.05, 3.63) is 69.9 Å². The van der Waals surface area contributed by atoms with Crippen molar-refractivity contribution in [2.45, 2.75) is 57.1 Å². The molecule has 0 saturated carbocycles. The van der Waals surface area contributed by atoms with Gasteiger partial charge >= 0.3 is 11.9 Å². The lowest BCUT2D eigenvalue weighted by atomic mass is 9.99. The van der Waals surface area contributed by atoms with Crippen LogP contribution >= 0.6 is 11.3 Å². The van der Waals surface area contributed by atoms with Crippen LogP contribution in [0.4, 0.5) is 8.78 Å². The van der Waals surface area contributed by atoms with Gasteiger partial charge in [0.15, 0.2) is 0 Å². The maximum Gasteiger partial charge on any atom is 0.345 e. The highest BCUT2D eigenvalue weighted by atomic mass is 32.1. The summed E-state index contributed by atoms with van der Waals surface area (Å²) in [5, 5.41) is 19.5. The predicted octanol–water partition coefficient (Wildman–Crippen LogP) is 4.80. The first-order valence-electron chi connectivity index (χ1n) is 11.5. The molecule has 1 aromatic heterocycles. The fraction of sp³-hybridized carbons (Fsp3) is 0.407. The van der Waals surface area contributed by atoms with Gasteiger partial charge in [-0.05, 0) is 36.5 Å². The molecule has 35 heavy (non-hydrogen) atoms. The number of carbonyl (C=O) groups is 2. The number of likely N-dealkylation sites (tertiary alicyclic amines) is 1. The van der Waals surface area contributed by atoms with Crippen molar-refractivity contribution >= 4 is 23.2 Å². The van der Waals surface area contributed by atoms with Gasteiger partial charge in [0, 0.05) is 30.7 Å². The minimum absolute atomic E-state index is 0.125. The minimum atomic E-state index is -3.44. The molecule has 0 unspecified atom stereocenters. The Hall–Kier alpha value is -3.02. The highest BCUT2D eigenvalue weighted by molar-refractivity contribution is 7.13. The first-order chi connectivity index (χ1) is 16.7. The topological polar surface area (TPSA) is 77.8 Å². The van der Waals surface area contributed by atoms with E-state index < -0.39 is 36.4 Å². The van der Waals surface area contributed by atoms with Gasteiger partial charge in [0.1, 0.15) is 4.88 Å². The van der Waals surface area contributed by atoms with Crippen molar-refractivity contribution in [3.63, 3.8) is 0 Å². The Kier molecular flexibility index (Phi) is 9.19. The molecule has 1 fully saturated rings. The van der Waals surface area contributed by atoms with E-state index in [9.17, 15) is 23.5 Å². The van der Waals surface area contributed by atoms with Gasteiger partial charge in [-0.3, -0.25) is 4.79 Å². The highest BCUT2D eigenvalue weighted by Crippen LogP contribution is 2.34. The van der Waals surface area contributed by atoms with Gasteiger partial charge in [-0.15, -0.1) is 17.3 Å². The molecule has 0 radical (unpaired) electrons. The van der Waals surface area contributed by atoms with Crippen LogP contribution in [0.3, 0.4) is 0 Å². The fourth-order valence-electron chi connectivity index (χ4n) is 3.86. The number of rotatable bonds is 10. The lowest BCUT2D eigenvalue weighted by Gasteiger charge is -2.22. The Morgan fingerprint density at radius 3 is 2.69 bits per heavy atom. The largest absolute Gasteiger partial charge is 0.477 e. The van der Waals surface area contributed by atoms with E-state index in [1.165, 1.54) is 18.2 Å². The number of aliphatic hydroxyl groups excluding tert-OH is 1. The van der Waals surface area contributed by atoms with E-state index in [4.69, 9.17) is 5.11 Å². The third kappa shape index (κ3) is 7.48. The summed E-state index contributed by atoms with van der Waals surface area (Å²) in [5.41, 5.74) is 1.11. The molecule has 3 atom stereocenters. The van der Waals surface area contributed by atoms with Crippen molar-refractivity contribution in [2.24, 2.45) is 5.92 Å². The zero-order chi connectivity index (χ0) is 25.4. The van der Waals surface area contributed by atoms with Crippen LogP contribution in [0.1, 0.15) is 46.3 Å². The first kappa shape index (κ1) is 26.6. The molecule has 2 N–H and O–H groups in total. The third-order valence-electron chi connectivity index (χ3n) is 5.93. The average molecular weight is 502 g/mol. The summed E-state index contributed by atoms with van der Waals surface area (Å²) in [6.45, 7) is 1.96. The van der Waals surface area contributed by atoms with Gasteiger partial charge in [-0.25, -0.2) is 4.79 Å². The number of aryl methyl sites for hydroxylation is 1. The number of carboxylic acid groups (broad SMARTS) is 1. The number of aliphatic hydroxyl groups is 1. The monoisotopic (exact) mass is 501 g/mol. The quantitative estimate of drug-likeness (QED) is 0.362. The van der Waals surface area contributed by atoms with Crippen LogP contribution in [0.25, 0.3) is 0 Å². The molecule has 1 saturated heterocycles. The van der Waals surface area contributed by atoms with Crippen LogP contribution in [-0.2, 0) is 17.6 Å². The van der Waals surface area contributed by atoms with Crippen LogP contribution in [0, 0.1) is 17.8 Å². The molecule has 1 aromatic carbocycles. The molecule has 1 amide bonds. The fourth-order valence-corrected chi connectivity index (χ4v) is 4.75. The predicted molar refractivity (Wildman–Crippen MR) is 132 cm³/mol. The second-order valence-electron chi connectivity index (χ2n) is 8.72. The number of carbonyl (C=O) groups excluding carboxylic acids is 1. The van der Waals surface area contributed by atoms with Gasteiger partial charge in [0.2, 0.25) is 0 Å². The number of hydrogen-bond donors (Lipinski definition) is 2. The smallest absolute Gasteiger partial charge is 0.345 e. The van der Waals surface area contributed by atoms with E-state index in [0.29, 0.717) is 25.7 Å². The summed E-state index contributed by atoms with van der Waals surface area (Å²) in [7, 11) is 0. The normalized spacial score (nSPS) is 18.9. The Morgan fingerprint density at radius 2 is 2.00 bits per heavy atom. The van der Waals surface area contributed by atoms with E-state index >= 15 is 0 Å². The number of thiophene rings is 1. The van der Waals surface area contributed by atoms with E-state index in [1.54, 1.807) is 6.07 Å². The Morgan fingerprint density at radius 1 is 1.26 bits per heavy atom. The summed E-state index contributed by atoms with van der Waals surface area (Å²) >= 11 is 1.14. The van der Waals surface area contributed by atoms with Crippen molar-refractivity contribution in [1.82, 2.24) is 4.90 Å². The Bertz CT molecular complexity index is 1100. The third-order valence-corrected chi connectivity index (χ3v) is 7.07. The maximum atomic E-state index is 14.1. The Balaban J connectivity index is 1.53. The average Bonchev–Trinajstić information content (AvgIpc) is 3.39. The second-order valence-corrected chi connectivity index (χ2v) is 9.89. The van der Waals surface area contributed by atoms with Crippen molar-refractivity contribution in [1.29, 1.82) is 0 Å². The zero-order valence-corrected chi connectivity index (χ0v) is 20.3. The van der Waals surface area contributed by atoms with Crippen LogP contribution < -0.4 is 0 Å². The number of alkyl halides is 2. The lowest BCUT2D eigenvalue weighted by Crippen LogP contribution is -2.36. The second kappa shape index (κ2) is 12.1. The highest BCUT2D eigenvalue weighted by Gasteiger charge is 2.52. The molecule has 1 aliphatic heterocycles. The van der Waals surface area contributed by atoms with E-state index in [-0.39, 0.29) is 17.3 Å². The van der Waals surface area contributed by atoms with E-state index in [2.05, 4.69) is 11.8 Å². The standard InChI is InChI=1S/C27H29F2NO4S/c1-19(8-5-6-11-20-9-3-2-4-10-20)23(31)15-13-21-18-27(28,29)26(34)30(21)17-7-12-22-14-16-24(35-22)25(32)33/h2-4,9-10,13-16,19,21,23,31H,7-8,11-12,17-18H2,1H3,(H,32,33)/t19-,21-,23+/m0/s1. The molecular formula is C27H29F2NO4S. The van der Waals surface area contributed by atoms with Crippen LogP contribution in [-0.4, -0.2) is 51.6 Å². The van der Waals surface area contributed by atoms with Crippen molar-refractivity contribution in [3.8, 4) is 11.8 Å². The minimum Gasteiger partial charge on any atom is -0.477 e. The molecule has 186 valence electrons. The van der Waals surface area contributed by atoms with Gasteiger partial charge in [0.25, 0.3) is 5.91 Å². The van der Waals surface area contributed by atoms with E-state index in [1.807, 2.05) is 37.3 Å². The molecule has 0 spiro atoms. The number of hydrogen-bond acceptors (Lipinski definition) is 4. The van der Waals surface area contributed by atoms with Crippen LogP contribution in [0.2, 0.25) is 0 Å². The van der Waals surface area contributed by atoms with Crippen LogP contribution in [0.15, 0.2) is 54.6 Å². The Labute approximate surface area is 208 Å². The summed E-state index contributed by atoms with van der Waals surface area (Å²) in [4.78, 5) is 25.4. The van der Waals surface area contributed by atoms with Gasteiger partial charge < -0.3 is 15.1 Å². The number of aromatic carboxylic acids is 1. The van der Waals surface area contributed by atoms with Gasteiger partial charge in [0.05, 0.1) is 12.1 Å². The molecule has 2 heterocycles. The molecule has 0 bridgehead atoms. The van der Waals surface area contributed by atoms with Gasteiger partial charge in [-0.2, -0.15) is 8.78 Å². The van der Waals surface area contributed by atoms with Crippen molar-refractivity contribution < 1.29 is 28.6 Å².